The van der Waals surface area contributed by atoms with Crippen LogP contribution in [0.1, 0.15) is 25.3 Å². The third-order valence-electron chi connectivity index (χ3n) is 2.78. The van der Waals surface area contributed by atoms with Crippen molar-refractivity contribution in [3.8, 4) is 5.75 Å². The van der Waals surface area contributed by atoms with Crippen molar-refractivity contribution in [2.24, 2.45) is 11.1 Å². The minimum Gasteiger partial charge on any atom is -0.493 e. The fraction of sp³-hybridized carbons (Fsp3) is 0.538. The van der Waals surface area contributed by atoms with Crippen molar-refractivity contribution >= 4 is 10.0 Å². The van der Waals surface area contributed by atoms with Crippen molar-refractivity contribution in [1.82, 2.24) is 0 Å². The van der Waals surface area contributed by atoms with E-state index in [0.717, 1.165) is 12.8 Å². The molecule has 0 aliphatic carbocycles. The first-order valence-electron chi connectivity index (χ1n) is 6.21. The number of hydrogen-bond donors (Lipinski definition) is 1. The molecule has 6 heteroatoms. The Morgan fingerprint density at radius 1 is 1.42 bits per heavy atom. The molecule has 1 unspecified atom stereocenters. The standard InChI is InChI=1S/C13H20FNO3S/c1-3-4-11(9-19(15,16)17)8-18-12-5-6-13(14)10(2)7-12/h5-7,11H,3-4,8-9H2,1-2H3,(H2,15,16,17). The molecule has 0 aliphatic rings. The molecule has 0 aliphatic heterocycles. The van der Waals surface area contributed by atoms with Gasteiger partial charge in [-0.25, -0.2) is 17.9 Å². The number of benzene rings is 1. The van der Waals surface area contributed by atoms with E-state index in [2.05, 4.69) is 0 Å². The molecule has 0 bridgehead atoms. The zero-order chi connectivity index (χ0) is 14.5. The third-order valence-corrected chi connectivity index (χ3v) is 3.72. The summed E-state index contributed by atoms with van der Waals surface area (Å²) in [5.74, 6) is 0.00265. The summed E-state index contributed by atoms with van der Waals surface area (Å²) in [5, 5.41) is 5.05. The highest BCUT2D eigenvalue weighted by atomic mass is 32.2. The molecule has 0 saturated carbocycles. The number of ether oxygens (including phenoxy) is 1. The number of rotatable bonds is 7. The van der Waals surface area contributed by atoms with E-state index in [1.807, 2.05) is 6.92 Å². The van der Waals surface area contributed by atoms with Crippen LogP contribution in [0.25, 0.3) is 0 Å². The first-order chi connectivity index (χ1) is 8.81. The van der Waals surface area contributed by atoms with E-state index in [-0.39, 0.29) is 24.1 Å². The largest absolute Gasteiger partial charge is 0.493 e. The van der Waals surface area contributed by atoms with Gasteiger partial charge in [0, 0.05) is 5.92 Å². The van der Waals surface area contributed by atoms with Crippen LogP contribution in [0.5, 0.6) is 5.75 Å². The average molecular weight is 289 g/mol. The van der Waals surface area contributed by atoms with Gasteiger partial charge in [-0.05, 0) is 37.1 Å². The second-order valence-corrected chi connectivity index (χ2v) is 6.37. The Morgan fingerprint density at radius 2 is 2.11 bits per heavy atom. The van der Waals surface area contributed by atoms with Crippen LogP contribution in [0.2, 0.25) is 0 Å². The Kier molecular flexibility index (Phi) is 5.75. The highest BCUT2D eigenvalue weighted by Gasteiger charge is 2.16. The van der Waals surface area contributed by atoms with Crippen LogP contribution in [0, 0.1) is 18.7 Å². The number of nitrogens with two attached hydrogens (primary N) is 1. The number of sulfonamides is 1. The number of aryl methyl sites for hydroxylation is 1. The average Bonchev–Trinajstić information content (AvgIpc) is 2.29. The zero-order valence-electron chi connectivity index (χ0n) is 11.2. The smallest absolute Gasteiger partial charge is 0.209 e. The summed E-state index contributed by atoms with van der Waals surface area (Å²) in [4.78, 5) is 0. The zero-order valence-corrected chi connectivity index (χ0v) is 12.0. The lowest BCUT2D eigenvalue weighted by Gasteiger charge is -2.16. The first kappa shape index (κ1) is 15.9. The van der Waals surface area contributed by atoms with Gasteiger partial charge in [-0.15, -0.1) is 0 Å². The maximum atomic E-state index is 13.1. The van der Waals surface area contributed by atoms with Crippen LogP contribution in [-0.4, -0.2) is 20.8 Å². The van der Waals surface area contributed by atoms with Crippen LogP contribution >= 0.6 is 0 Å². The topological polar surface area (TPSA) is 69.4 Å². The van der Waals surface area contributed by atoms with Gasteiger partial charge >= 0.3 is 0 Å². The number of hydrogen-bond acceptors (Lipinski definition) is 3. The fourth-order valence-corrected chi connectivity index (χ4v) is 2.79. The Balaban J connectivity index is 2.62. The first-order valence-corrected chi connectivity index (χ1v) is 7.92. The van der Waals surface area contributed by atoms with E-state index in [4.69, 9.17) is 9.88 Å². The lowest BCUT2D eigenvalue weighted by atomic mass is 10.1. The van der Waals surface area contributed by atoms with Gasteiger partial charge in [-0.3, -0.25) is 0 Å². The number of primary sulfonamides is 1. The second kappa shape index (κ2) is 6.86. The van der Waals surface area contributed by atoms with Gasteiger partial charge < -0.3 is 4.74 Å². The lowest BCUT2D eigenvalue weighted by molar-refractivity contribution is 0.252. The van der Waals surface area contributed by atoms with Crippen molar-refractivity contribution in [1.29, 1.82) is 0 Å². The molecular weight excluding hydrogens is 269 g/mol. The second-order valence-electron chi connectivity index (χ2n) is 4.71. The van der Waals surface area contributed by atoms with Crippen molar-refractivity contribution < 1.29 is 17.5 Å². The molecule has 2 N–H and O–H groups in total. The molecule has 108 valence electrons. The summed E-state index contributed by atoms with van der Waals surface area (Å²) in [5.41, 5.74) is 0.496. The molecule has 0 spiro atoms. The molecule has 4 nitrogen and oxygen atoms in total. The molecule has 0 saturated heterocycles. The molecule has 0 radical (unpaired) electrons. The molecule has 0 fully saturated rings. The summed E-state index contributed by atoms with van der Waals surface area (Å²) < 4.78 is 40.8. The Bertz CT molecular complexity index is 517. The van der Waals surface area contributed by atoms with Crippen LogP contribution in [0.3, 0.4) is 0 Å². The minimum atomic E-state index is -3.50. The maximum absolute atomic E-state index is 13.1. The van der Waals surface area contributed by atoms with Crippen molar-refractivity contribution in [2.45, 2.75) is 26.7 Å². The minimum absolute atomic E-state index is 0.0962. The molecule has 1 rings (SSSR count). The number of halogens is 1. The summed E-state index contributed by atoms with van der Waals surface area (Å²) in [6.45, 7) is 3.88. The third kappa shape index (κ3) is 6.02. The molecule has 1 aromatic rings. The van der Waals surface area contributed by atoms with Gasteiger partial charge in [0.2, 0.25) is 10.0 Å². The Labute approximate surface area is 113 Å². The highest BCUT2D eigenvalue weighted by Crippen LogP contribution is 2.18. The molecule has 0 heterocycles. The van der Waals surface area contributed by atoms with E-state index < -0.39 is 10.0 Å². The van der Waals surface area contributed by atoms with Crippen LogP contribution in [0.15, 0.2) is 18.2 Å². The van der Waals surface area contributed by atoms with Gasteiger partial charge in [-0.2, -0.15) is 0 Å². The van der Waals surface area contributed by atoms with Crippen LogP contribution in [-0.2, 0) is 10.0 Å². The quantitative estimate of drug-likeness (QED) is 0.836. The molecule has 1 aromatic carbocycles. The highest BCUT2D eigenvalue weighted by molar-refractivity contribution is 7.89. The van der Waals surface area contributed by atoms with Crippen molar-refractivity contribution in [3.05, 3.63) is 29.6 Å². The lowest BCUT2D eigenvalue weighted by Crippen LogP contribution is -2.27. The van der Waals surface area contributed by atoms with E-state index in [9.17, 15) is 12.8 Å². The molecule has 1 atom stereocenters. The van der Waals surface area contributed by atoms with E-state index in [1.54, 1.807) is 13.0 Å². The van der Waals surface area contributed by atoms with Gasteiger partial charge in [0.05, 0.1) is 12.4 Å². The summed E-state index contributed by atoms with van der Waals surface area (Å²) >= 11 is 0. The van der Waals surface area contributed by atoms with Gasteiger partial charge in [-0.1, -0.05) is 13.3 Å². The fourth-order valence-electron chi connectivity index (χ4n) is 1.87. The maximum Gasteiger partial charge on any atom is 0.209 e. The van der Waals surface area contributed by atoms with Gasteiger partial charge in [0.25, 0.3) is 0 Å². The monoisotopic (exact) mass is 289 g/mol. The summed E-state index contributed by atoms with van der Waals surface area (Å²) in [7, 11) is -3.50. The SMILES string of the molecule is CCCC(COc1ccc(F)c(C)c1)CS(N)(=O)=O. The summed E-state index contributed by atoms with van der Waals surface area (Å²) in [6.07, 6.45) is 1.57. The Morgan fingerprint density at radius 3 is 2.63 bits per heavy atom. The molecule has 0 aromatic heterocycles. The van der Waals surface area contributed by atoms with Crippen LogP contribution < -0.4 is 9.88 Å². The molecule has 0 amide bonds. The van der Waals surface area contributed by atoms with E-state index in [1.165, 1.54) is 12.1 Å². The molecule has 19 heavy (non-hydrogen) atoms. The van der Waals surface area contributed by atoms with Crippen molar-refractivity contribution in [3.63, 3.8) is 0 Å². The van der Waals surface area contributed by atoms with Crippen LogP contribution in [0.4, 0.5) is 4.39 Å². The van der Waals surface area contributed by atoms with Gasteiger partial charge in [0.15, 0.2) is 0 Å². The molecular formula is C13H20FNO3S. The van der Waals surface area contributed by atoms with Crippen molar-refractivity contribution in [2.75, 3.05) is 12.4 Å². The van der Waals surface area contributed by atoms with Gasteiger partial charge in [0.1, 0.15) is 11.6 Å². The van der Waals surface area contributed by atoms with E-state index >= 15 is 0 Å². The van der Waals surface area contributed by atoms with E-state index in [0.29, 0.717) is 11.3 Å². The summed E-state index contributed by atoms with van der Waals surface area (Å²) in [6, 6.07) is 4.46. The normalized spacial score (nSPS) is 13.3. The Hall–Kier alpha value is -1.14. The predicted molar refractivity (Wildman–Crippen MR) is 73.0 cm³/mol. The predicted octanol–water partition coefficient (Wildman–Crippen LogP) is 2.22.